The summed E-state index contributed by atoms with van der Waals surface area (Å²) in [4.78, 5) is 48.6. The average Bonchev–Trinajstić information content (AvgIpc) is 3.43. The summed E-state index contributed by atoms with van der Waals surface area (Å²) in [6, 6.07) is 0. The van der Waals surface area contributed by atoms with Crippen LogP contribution < -0.4 is 0 Å². The van der Waals surface area contributed by atoms with Crippen molar-refractivity contribution in [2.24, 2.45) is 0 Å². The number of rotatable bonds is 55. The molecule has 0 aromatic carbocycles. The standard InChI is InChI=1S/C66H109O11P/c1-4-7-10-13-16-19-22-25-28-30-31-33-35-37-40-43-46-49-52-55-64(68)73-59-63(77-66(70)57-54-51-48-45-42-39-36-32-29-26-23-20-17-14-11-8-5-2)61-75-78(71,72)74-60-62(58-67)76-65(69)56-53-50-47-44-41-38-34-27-24-21-18-15-12-9-6-3/h7-8,10-11,16-17,19-20,25-29,31,33-34,37,40,46,49,62-63,67H,4-6,9,12-15,18,21-24,30,32,35-36,38-39,41-45,47-48,50-61H2,1-3H3,(H,71,72)/b10-7-,11-8-,19-16-,20-17-,28-25-,29-26-,33-31-,34-27-,40-37-,49-46-. The minimum Gasteiger partial charge on any atom is -0.462 e. The number of ether oxygens (including phenoxy) is 3. The number of phosphoric ester groups is 1. The highest BCUT2D eigenvalue weighted by Gasteiger charge is 2.28. The summed E-state index contributed by atoms with van der Waals surface area (Å²) in [6.45, 7) is 4.31. The van der Waals surface area contributed by atoms with Gasteiger partial charge in [-0.1, -0.05) is 226 Å². The maximum atomic E-state index is 12.9. The van der Waals surface area contributed by atoms with Gasteiger partial charge in [0.25, 0.3) is 0 Å². The van der Waals surface area contributed by atoms with E-state index >= 15 is 0 Å². The number of esters is 3. The second-order valence-corrected chi connectivity index (χ2v) is 21.2. The Balaban J connectivity index is 4.85. The molecule has 0 fully saturated rings. The zero-order chi connectivity index (χ0) is 56.9. The van der Waals surface area contributed by atoms with Crippen molar-refractivity contribution in [2.75, 3.05) is 26.4 Å². The Morgan fingerprint density at radius 1 is 0.372 bits per heavy atom. The summed E-state index contributed by atoms with van der Waals surface area (Å²) in [7, 11) is -4.78. The first kappa shape index (κ1) is 73.9. The van der Waals surface area contributed by atoms with Gasteiger partial charge in [-0.3, -0.25) is 23.4 Å². The van der Waals surface area contributed by atoms with Crippen molar-refractivity contribution in [1.29, 1.82) is 0 Å². The lowest BCUT2D eigenvalue weighted by Crippen LogP contribution is -2.30. The molecule has 0 amide bonds. The second-order valence-electron chi connectivity index (χ2n) is 19.7. The van der Waals surface area contributed by atoms with Gasteiger partial charge < -0.3 is 24.2 Å². The van der Waals surface area contributed by atoms with Crippen LogP contribution in [-0.4, -0.2) is 66.5 Å². The third-order valence-corrected chi connectivity index (χ3v) is 13.3. The first-order valence-corrected chi connectivity index (χ1v) is 31.9. The molecule has 3 atom stereocenters. The Kier molecular flexibility index (Phi) is 55.9. The van der Waals surface area contributed by atoms with Crippen LogP contribution in [0.1, 0.15) is 239 Å². The molecule has 0 aliphatic rings. The van der Waals surface area contributed by atoms with E-state index in [2.05, 4.69) is 130 Å². The Morgan fingerprint density at radius 2 is 0.692 bits per heavy atom. The average molecular weight is 1110 g/mol. The highest BCUT2D eigenvalue weighted by atomic mass is 31.2. The SMILES string of the molecule is CC/C=C\C/C=C\C/C=C\C/C=C\C/C=C\C/C=C\CCC(=O)OCC(COP(=O)(O)OCC(CO)OC(=O)CCCCCCC/C=C\CCCCCCCC)OC(=O)CCCCCCCCC/C=C\C/C=C\C/C=C\CC. The number of carbonyl (C=O) groups excluding carboxylic acids is 3. The molecule has 0 aliphatic carbocycles. The molecule has 78 heavy (non-hydrogen) atoms. The van der Waals surface area contributed by atoms with Crippen LogP contribution in [0.4, 0.5) is 0 Å². The summed E-state index contributed by atoms with van der Waals surface area (Å²) in [5.74, 6) is -1.59. The number of hydrogen-bond donors (Lipinski definition) is 2. The lowest BCUT2D eigenvalue weighted by Gasteiger charge is -2.21. The van der Waals surface area contributed by atoms with Crippen LogP contribution in [0.15, 0.2) is 122 Å². The van der Waals surface area contributed by atoms with E-state index in [9.17, 15) is 28.9 Å². The van der Waals surface area contributed by atoms with Crippen molar-refractivity contribution < 1.29 is 52.2 Å². The molecule has 0 saturated heterocycles. The number of aliphatic hydroxyl groups is 1. The second kappa shape index (κ2) is 59.0. The summed E-state index contributed by atoms with van der Waals surface area (Å²) in [5.41, 5.74) is 0. The number of phosphoric acid groups is 1. The molecular weight excluding hydrogens is 1000 g/mol. The van der Waals surface area contributed by atoms with Crippen molar-refractivity contribution >= 4 is 25.7 Å². The van der Waals surface area contributed by atoms with Crippen molar-refractivity contribution in [1.82, 2.24) is 0 Å². The van der Waals surface area contributed by atoms with Gasteiger partial charge in [-0.25, -0.2) is 4.57 Å². The highest BCUT2D eigenvalue weighted by Crippen LogP contribution is 2.43. The van der Waals surface area contributed by atoms with Crippen molar-refractivity contribution in [3.63, 3.8) is 0 Å². The largest absolute Gasteiger partial charge is 0.472 e. The molecule has 0 saturated carbocycles. The van der Waals surface area contributed by atoms with Gasteiger partial charge in [-0.2, -0.15) is 0 Å². The van der Waals surface area contributed by atoms with Gasteiger partial charge in [0, 0.05) is 19.3 Å². The van der Waals surface area contributed by atoms with Gasteiger partial charge in [0.15, 0.2) is 6.10 Å². The van der Waals surface area contributed by atoms with Gasteiger partial charge in [0.2, 0.25) is 0 Å². The number of allylic oxidation sites excluding steroid dienone is 20. The normalized spacial score (nSPS) is 14.2. The molecular formula is C66H109O11P. The zero-order valence-electron chi connectivity index (χ0n) is 49.1. The van der Waals surface area contributed by atoms with E-state index in [0.29, 0.717) is 19.3 Å². The molecule has 2 N–H and O–H groups in total. The third-order valence-electron chi connectivity index (χ3n) is 12.4. The van der Waals surface area contributed by atoms with Crippen molar-refractivity contribution in [3.05, 3.63) is 122 Å². The van der Waals surface area contributed by atoms with Crippen LogP contribution >= 0.6 is 7.82 Å². The number of aliphatic hydroxyl groups excluding tert-OH is 1. The molecule has 0 radical (unpaired) electrons. The smallest absolute Gasteiger partial charge is 0.462 e. The maximum Gasteiger partial charge on any atom is 0.472 e. The molecule has 12 heteroatoms. The summed E-state index contributed by atoms with van der Waals surface area (Å²) in [6.07, 6.45) is 73.1. The fourth-order valence-corrected chi connectivity index (χ4v) is 8.59. The predicted molar refractivity (Wildman–Crippen MR) is 325 cm³/mol. The fraction of sp³-hybridized carbons (Fsp3) is 0.652. The molecule has 0 spiro atoms. The van der Waals surface area contributed by atoms with E-state index in [4.69, 9.17) is 23.3 Å². The van der Waals surface area contributed by atoms with Crippen molar-refractivity contribution in [3.8, 4) is 0 Å². The minimum absolute atomic E-state index is 0.0928. The Hall–Kier alpha value is -4.12. The molecule has 3 unspecified atom stereocenters. The summed E-state index contributed by atoms with van der Waals surface area (Å²) in [5, 5.41) is 9.83. The van der Waals surface area contributed by atoms with E-state index in [0.717, 1.165) is 141 Å². The van der Waals surface area contributed by atoms with Crippen LogP contribution in [0.25, 0.3) is 0 Å². The predicted octanol–water partition coefficient (Wildman–Crippen LogP) is 18.4. The molecule has 0 rings (SSSR count). The van der Waals surface area contributed by atoms with E-state index < -0.39 is 57.8 Å². The number of hydrogen-bond acceptors (Lipinski definition) is 10. The van der Waals surface area contributed by atoms with Crippen LogP contribution in [0, 0.1) is 0 Å². The number of carbonyl (C=O) groups is 3. The van der Waals surface area contributed by atoms with E-state index in [1.54, 1.807) is 0 Å². The molecule has 0 aliphatic heterocycles. The molecule has 0 bridgehead atoms. The lowest BCUT2D eigenvalue weighted by atomic mass is 10.1. The van der Waals surface area contributed by atoms with Gasteiger partial charge in [-0.15, -0.1) is 0 Å². The molecule has 0 aromatic rings. The molecule has 0 heterocycles. The van der Waals surface area contributed by atoms with Crippen LogP contribution in [0.3, 0.4) is 0 Å². The van der Waals surface area contributed by atoms with Crippen LogP contribution in [-0.2, 0) is 42.2 Å². The Labute approximate surface area is 475 Å². The van der Waals surface area contributed by atoms with E-state index in [-0.39, 0.29) is 25.9 Å². The maximum absolute atomic E-state index is 12.9. The Bertz CT molecular complexity index is 1770. The third kappa shape index (κ3) is 56.6. The minimum atomic E-state index is -4.78. The number of unbranched alkanes of at least 4 members (excludes halogenated alkanes) is 18. The summed E-state index contributed by atoms with van der Waals surface area (Å²) < 4.78 is 39.5. The van der Waals surface area contributed by atoms with Crippen LogP contribution in [0.5, 0.6) is 0 Å². The van der Waals surface area contributed by atoms with E-state index in [1.165, 1.54) is 38.5 Å². The van der Waals surface area contributed by atoms with Gasteiger partial charge >= 0.3 is 25.7 Å². The van der Waals surface area contributed by atoms with Crippen molar-refractivity contribution in [2.45, 2.75) is 251 Å². The Morgan fingerprint density at radius 3 is 1.09 bits per heavy atom. The molecule has 444 valence electrons. The summed E-state index contributed by atoms with van der Waals surface area (Å²) >= 11 is 0. The van der Waals surface area contributed by atoms with Gasteiger partial charge in [0.05, 0.1) is 19.8 Å². The topological polar surface area (TPSA) is 155 Å². The molecule has 11 nitrogen and oxygen atoms in total. The zero-order valence-corrected chi connectivity index (χ0v) is 50.0. The van der Waals surface area contributed by atoms with Crippen LogP contribution in [0.2, 0.25) is 0 Å². The molecule has 0 aromatic heterocycles. The fourth-order valence-electron chi connectivity index (χ4n) is 7.80. The first-order valence-electron chi connectivity index (χ1n) is 30.4. The van der Waals surface area contributed by atoms with E-state index in [1.807, 2.05) is 12.2 Å². The highest BCUT2D eigenvalue weighted by molar-refractivity contribution is 7.47. The van der Waals surface area contributed by atoms with Gasteiger partial charge in [0.1, 0.15) is 12.7 Å². The quantitative estimate of drug-likeness (QED) is 0.0197. The lowest BCUT2D eigenvalue weighted by molar-refractivity contribution is -0.161. The van der Waals surface area contributed by atoms with Gasteiger partial charge in [-0.05, 0) is 116 Å². The first-order chi connectivity index (χ1) is 38.2. The monoisotopic (exact) mass is 1110 g/mol.